The normalized spacial score (nSPS) is 17.6. The van der Waals surface area contributed by atoms with Gasteiger partial charge in [0.25, 0.3) is 5.91 Å². The van der Waals surface area contributed by atoms with Crippen LogP contribution in [-0.2, 0) is 21.4 Å². The van der Waals surface area contributed by atoms with E-state index in [2.05, 4.69) is 5.32 Å². The molecule has 1 saturated heterocycles. The van der Waals surface area contributed by atoms with Crippen molar-refractivity contribution < 1.29 is 27.5 Å². The number of anilines is 1. The summed E-state index contributed by atoms with van der Waals surface area (Å²) in [4.78, 5) is 26.5. The van der Waals surface area contributed by atoms with E-state index in [9.17, 15) is 18.0 Å². The van der Waals surface area contributed by atoms with Gasteiger partial charge in [0.2, 0.25) is 22.7 Å². The molecule has 1 atom stereocenters. The highest BCUT2D eigenvalue weighted by atomic mass is 32.2. The summed E-state index contributed by atoms with van der Waals surface area (Å²) in [5, 5.41) is 3.20. The SMILES string of the molecule is CN(C)S(=O)(=O)c1cc(NCc2ccc3c(c2)OCO3)cc(C(=O)N2CCC[C@H](C(N)=O)C2)c1. The smallest absolute Gasteiger partial charge is 0.253 e. The minimum Gasteiger partial charge on any atom is -0.454 e. The topological polar surface area (TPSA) is 131 Å². The standard InChI is InChI=1S/C23H28N4O6S/c1-26(2)34(30,31)19-10-17(23(29)27-7-3-4-16(13-27)22(24)28)9-18(11-19)25-12-15-5-6-20-21(8-15)33-14-32-20/h5-6,8-11,16,25H,3-4,7,12-14H2,1-2H3,(H2,24,28)/t16-/m0/s1. The average Bonchev–Trinajstić information content (AvgIpc) is 3.30. The molecular formula is C23H28N4O6S. The van der Waals surface area contributed by atoms with E-state index >= 15 is 0 Å². The van der Waals surface area contributed by atoms with Crippen molar-refractivity contribution in [3.05, 3.63) is 47.5 Å². The number of sulfonamides is 1. The Morgan fingerprint density at radius 1 is 1.15 bits per heavy atom. The van der Waals surface area contributed by atoms with Crippen LogP contribution in [0.2, 0.25) is 0 Å². The van der Waals surface area contributed by atoms with Crippen molar-refractivity contribution in [2.24, 2.45) is 11.7 Å². The molecule has 2 aromatic rings. The molecule has 2 heterocycles. The molecular weight excluding hydrogens is 460 g/mol. The lowest BCUT2D eigenvalue weighted by Gasteiger charge is -2.31. The van der Waals surface area contributed by atoms with Gasteiger partial charge in [0.15, 0.2) is 11.5 Å². The van der Waals surface area contributed by atoms with Crippen LogP contribution in [0.3, 0.4) is 0 Å². The van der Waals surface area contributed by atoms with Crippen molar-refractivity contribution in [3.8, 4) is 11.5 Å². The van der Waals surface area contributed by atoms with Gasteiger partial charge in [0.05, 0.1) is 10.8 Å². The molecule has 10 nitrogen and oxygen atoms in total. The van der Waals surface area contributed by atoms with Gasteiger partial charge in [0.1, 0.15) is 0 Å². The minimum absolute atomic E-state index is 0.00000244. The molecule has 0 aromatic heterocycles. The fourth-order valence-corrected chi connectivity index (χ4v) is 4.99. The van der Waals surface area contributed by atoms with E-state index in [1.165, 1.54) is 26.2 Å². The van der Waals surface area contributed by atoms with E-state index in [1.807, 2.05) is 18.2 Å². The summed E-state index contributed by atoms with van der Waals surface area (Å²) in [6, 6.07) is 10.0. The highest BCUT2D eigenvalue weighted by Crippen LogP contribution is 2.33. The van der Waals surface area contributed by atoms with Gasteiger partial charge in [0, 0.05) is 45.0 Å². The number of nitrogens with two attached hydrogens (primary N) is 1. The van der Waals surface area contributed by atoms with E-state index in [-0.39, 0.29) is 29.7 Å². The number of nitrogens with one attached hydrogen (secondary N) is 1. The number of amides is 2. The summed E-state index contributed by atoms with van der Waals surface area (Å²) in [7, 11) is -0.917. The van der Waals surface area contributed by atoms with Gasteiger partial charge in [-0.2, -0.15) is 0 Å². The Morgan fingerprint density at radius 2 is 1.91 bits per heavy atom. The minimum atomic E-state index is -3.79. The van der Waals surface area contributed by atoms with Gasteiger partial charge in [-0.15, -0.1) is 0 Å². The first-order chi connectivity index (χ1) is 16.1. The van der Waals surface area contributed by atoms with E-state index in [0.29, 0.717) is 43.1 Å². The van der Waals surface area contributed by atoms with Crippen LogP contribution in [0.5, 0.6) is 11.5 Å². The van der Waals surface area contributed by atoms with Crippen LogP contribution in [0.15, 0.2) is 41.3 Å². The number of fused-ring (bicyclic) bond motifs is 1. The highest BCUT2D eigenvalue weighted by Gasteiger charge is 2.29. The van der Waals surface area contributed by atoms with Crippen LogP contribution in [0.25, 0.3) is 0 Å². The van der Waals surface area contributed by atoms with Crippen molar-refractivity contribution in [1.29, 1.82) is 0 Å². The Hall–Kier alpha value is -3.31. The zero-order valence-corrected chi connectivity index (χ0v) is 19.9. The highest BCUT2D eigenvalue weighted by molar-refractivity contribution is 7.89. The molecule has 0 unspecified atom stereocenters. The van der Waals surface area contributed by atoms with E-state index in [1.54, 1.807) is 11.0 Å². The van der Waals surface area contributed by atoms with Crippen LogP contribution >= 0.6 is 0 Å². The number of hydrogen-bond acceptors (Lipinski definition) is 7. The Labute approximate surface area is 198 Å². The summed E-state index contributed by atoms with van der Waals surface area (Å²) < 4.78 is 37.6. The Kier molecular flexibility index (Phi) is 6.67. The maximum Gasteiger partial charge on any atom is 0.253 e. The van der Waals surface area contributed by atoms with Crippen molar-refractivity contribution >= 4 is 27.5 Å². The molecule has 2 aliphatic heterocycles. The summed E-state index contributed by atoms with van der Waals surface area (Å²) in [5.74, 6) is 0.134. The summed E-state index contributed by atoms with van der Waals surface area (Å²) >= 11 is 0. The first kappa shape index (κ1) is 23.8. The zero-order valence-electron chi connectivity index (χ0n) is 19.1. The van der Waals surface area contributed by atoms with Gasteiger partial charge in [-0.25, -0.2) is 12.7 Å². The third kappa shape index (κ3) is 4.95. The molecule has 182 valence electrons. The monoisotopic (exact) mass is 488 g/mol. The predicted octanol–water partition coefficient (Wildman–Crippen LogP) is 1.62. The van der Waals surface area contributed by atoms with Crippen LogP contribution in [-0.4, -0.2) is 63.4 Å². The molecule has 0 radical (unpaired) electrons. The van der Waals surface area contributed by atoms with Crippen LogP contribution < -0.4 is 20.5 Å². The second kappa shape index (κ2) is 9.51. The van der Waals surface area contributed by atoms with E-state index in [4.69, 9.17) is 15.2 Å². The van der Waals surface area contributed by atoms with Crippen molar-refractivity contribution in [2.75, 3.05) is 39.3 Å². The summed E-state index contributed by atoms with van der Waals surface area (Å²) in [5.41, 5.74) is 7.05. The number of primary amides is 1. The largest absolute Gasteiger partial charge is 0.454 e. The van der Waals surface area contributed by atoms with Crippen molar-refractivity contribution in [3.63, 3.8) is 0 Å². The van der Waals surface area contributed by atoms with Crippen LogP contribution in [0, 0.1) is 5.92 Å². The molecule has 2 amide bonds. The molecule has 2 aliphatic rings. The number of carbonyl (C=O) groups is 2. The number of piperidine rings is 1. The summed E-state index contributed by atoms with van der Waals surface area (Å²) in [6.45, 7) is 1.25. The quantitative estimate of drug-likeness (QED) is 0.605. The third-order valence-electron chi connectivity index (χ3n) is 5.98. The molecule has 0 bridgehead atoms. The van der Waals surface area contributed by atoms with Gasteiger partial charge >= 0.3 is 0 Å². The lowest BCUT2D eigenvalue weighted by Crippen LogP contribution is -2.44. The van der Waals surface area contributed by atoms with Crippen molar-refractivity contribution in [1.82, 2.24) is 9.21 Å². The van der Waals surface area contributed by atoms with E-state index in [0.717, 1.165) is 9.87 Å². The number of likely N-dealkylation sites (tertiary alicyclic amines) is 1. The number of hydrogen-bond donors (Lipinski definition) is 2. The van der Waals surface area contributed by atoms with Gasteiger partial charge < -0.3 is 25.4 Å². The zero-order chi connectivity index (χ0) is 24.5. The number of rotatable bonds is 7. The maximum absolute atomic E-state index is 13.3. The third-order valence-corrected chi connectivity index (χ3v) is 7.77. The molecule has 0 spiro atoms. The fraction of sp³-hybridized carbons (Fsp3) is 0.391. The van der Waals surface area contributed by atoms with Crippen molar-refractivity contribution in [2.45, 2.75) is 24.3 Å². The lowest BCUT2D eigenvalue weighted by molar-refractivity contribution is -0.123. The molecule has 4 rings (SSSR count). The first-order valence-electron chi connectivity index (χ1n) is 10.9. The molecule has 2 aromatic carbocycles. The van der Waals surface area contributed by atoms with E-state index < -0.39 is 21.8 Å². The van der Waals surface area contributed by atoms with Gasteiger partial charge in [-0.3, -0.25) is 9.59 Å². The number of benzene rings is 2. The summed E-state index contributed by atoms with van der Waals surface area (Å²) in [6.07, 6.45) is 1.29. The first-order valence-corrected chi connectivity index (χ1v) is 12.4. The molecule has 34 heavy (non-hydrogen) atoms. The van der Waals surface area contributed by atoms with Gasteiger partial charge in [-0.1, -0.05) is 6.07 Å². The molecule has 0 aliphatic carbocycles. The number of nitrogens with zero attached hydrogens (tertiary/aromatic N) is 2. The van der Waals surface area contributed by atoms with Crippen LogP contribution in [0.4, 0.5) is 5.69 Å². The molecule has 3 N–H and O–H groups in total. The average molecular weight is 489 g/mol. The number of carbonyl (C=O) groups excluding carboxylic acids is 2. The maximum atomic E-state index is 13.3. The predicted molar refractivity (Wildman–Crippen MR) is 125 cm³/mol. The van der Waals surface area contributed by atoms with Gasteiger partial charge in [-0.05, 0) is 48.7 Å². The Bertz CT molecular complexity index is 1210. The fourth-order valence-electron chi connectivity index (χ4n) is 4.02. The lowest BCUT2D eigenvalue weighted by atomic mass is 9.97. The van der Waals surface area contributed by atoms with Crippen LogP contribution in [0.1, 0.15) is 28.8 Å². The molecule has 11 heteroatoms. The Morgan fingerprint density at radius 3 is 2.65 bits per heavy atom. The second-order valence-corrected chi connectivity index (χ2v) is 10.7. The molecule has 0 saturated carbocycles. The Balaban J connectivity index is 1.61. The number of ether oxygens (including phenoxy) is 2. The molecule has 1 fully saturated rings. The second-order valence-electron chi connectivity index (χ2n) is 8.57.